The second-order valence-corrected chi connectivity index (χ2v) is 5.83. The number of hydrogen-bond acceptors (Lipinski definition) is 5. The van der Waals surface area contributed by atoms with Gasteiger partial charge < -0.3 is 9.47 Å². The van der Waals surface area contributed by atoms with Crippen molar-refractivity contribution in [2.24, 2.45) is 0 Å². The van der Waals surface area contributed by atoms with Gasteiger partial charge in [0.15, 0.2) is 0 Å². The summed E-state index contributed by atoms with van der Waals surface area (Å²) in [6, 6.07) is 7.19. The topological polar surface area (TPSA) is 61.8 Å². The highest BCUT2D eigenvalue weighted by Gasteiger charge is 2.03. The molecule has 1 rings (SSSR count). The Hall–Kier alpha value is -1.27. The van der Waals surface area contributed by atoms with Gasteiger partial charge >= 0.3 is 0 Å². The SMILES string of the molecule is CCC(C)Oc1ccc(OCCOS(C)(=O)=O)cc1. The Morgan fingerprint density at radius 1 is 1.11 bits per heavy atom. The van der Waals surface area contributed by atoms with Crippen molar-refractivity contribution in [2.45, 2.75) is 26.4 Å². The lowest BCUT2D eigenvalue weighted by molar-refractivity contribution is 0.214. The third-order valence-electron chi connectivity index (χ3n) is 2.39. The first-order chi connectivity index (χ1) is 8.90. The zero-order valence-corrected chi connectivity index (χ0v) is 12.3. The minimum absolute atomic E-state index is 0.00392. The van der Waals surface area contributed by atoms with E-state index in [0.29, 0.717) is 5.75 Å². The molecule has 0 aromatic heterocycles. The van der Waals surface area contributed by atoms with E-state index in [9.17, 15) is 8.42 Å². The third-order valence-corrected chi connectivity index (χ3v) is 2.98. The molecule has 0 heterocycles. The van der Waals surface area contributed by atoms with Crippen molar-refractivity contribution in [3.05, 3.63) is 24.3 Å². The van der Waals surface area contributed by atoms with Crippen molar-refractivity contribution < 1.29 is 22.1 Å². The van der Waals surface area contributed by atoms with Crippen LogP contribution in [-0.4, -0.2) is 34.0 Å². The van der Waals surface area contributed by atoms with Crippen LogP contribution in [0.15, 0.2) is 24.3 Å². The van der Waals surface area contributed by atoms with E-state index in [4.69, 9.17) is 9.47 Å². The van der Waals surface area contributed by atoms with Crippen LogP contribution in [0.1, 0.15) is 20.3 Å². The molecule has 1 unspecified atom stereocenters. The van der Waals surface area contributed by atoms with E-state index in [0.717, 1.165) is 18.4 Å². The van der Waals surface area contributed by atoms with Gasteiger partial charge in [-0.15, -0.1) is 0 Å². The van der Waals surface area contributed by atoms with E-state index in [1.165, 1.54) is 0 Å². The van der Waals surface area contributed by atoms with Crippen LogP contribution in [0.3, 0.4) is 0 Å². The predicted molar refractivity (Wildman–Crippen MR) is 73.1 cm³/mol. The fourth-order valence-corrected chi connectivity index (χ4v) is 1.65. The van der Waals surface area contributed by atoms with Crippen molar-refractivity contribution >= 4 is 10.1 Å². The summed E-state index contributed by atoms with van der Waals surface area (Å²) in [6.07, 6.45) is 2.13. The van der Waals surface area contributed by atoms with Gasteiger partial charge in [0.25, 0.3) is 10.1 Å². The Morgan fingerprint density at radius 3 is 2.21 bits per heavy atom. The summed E-state index contributed by atoms with van der Waals surface area (Å²) < 4.78 is 37.0. The van der Waals surface area contributed by atoms with Crippen LogP contribution in [-0.2, 0) is 14.3 Å². The zero-order chi connectivity index (χ0) is 14.3. The summed E-state index contributed by atoms with van der Waals surface area (Å²) in [5.74, 6) is 1.43. The van der Waals surface area contributed by atoms with E-state index in [-0.39, 0.29) is 19.3 Å². The minimum Gasteiger partial charge on any atom is -0.491 e. The molecule has 0 N–H and O–H groups in total. The van der Waals surface area contributed by atoms with Gasteiger partial charge in [0.1, 0.15) is 24.7 Å². The fraction of sp³-hybridized carbons (Fsp3) is 0.538. The Bertz CT molecular complexity index is 466. The standard InChI is InChI=1S/C13H20O5S/c1-4-11(2)18-13-7-5-12(6-8-13)16-9-10-17-19(3,14)15/h5-8,11H,4,9-10H2,1-3H3. The summed E-state index contributed by atoms with van der Waals surface area (Å²) >= 11 is 0. The highest BCUT2D eigenvalue weighted by Crippen LogP contribution is 2.19. The number of hydrogen-bond donors (Lipinski definition) is 0. The summed E-state index contributed by atoms with van der Waals surface area (Å²) in [7, 11) is -3.40. The Balaban J connectivity index is 2.36. The molecule has 1 aromatic rings. The number of ether oxygens (including phenoxy) is 2. The average Bonchev–Trinajstić information content (AvgIpc) is 2.35. The maximum atomic E-state index is 10.7. The van der Waals surface area contributed by atoms with Gasteiger partial charge in [0.05, 0.1) is 12.4 Å². The summed E-state index contributed by atoms with van der Waals surface area (Å²) in [6.45, 7) is 4.25. The van der Waals surface area contributed by atoms with Gasteiger partial charge in [0.2, 0.25) is 0 Å². The van der Waals surface area contributed by atoms with E-state index >= 15 is 0 Å². The molecule has 0 fully saturated rings. The van der Waals surface area contributed by atoms with Crippen LogP contribution in [0.4, 0.5) is 0 Å². The molecule has 0 amide bonds. The van der Waals surface area contributed by atoms with Crippen LogP contribution in [0.25, 0.3) is 0 Å². The van der Waals surface area contributed by atoms with Crippen LogP contribution < -0.4 is 9.47 Å². The number of rotatable bonds is 8. The van der Waals surface area contributed by atoms with Crippen molar-refractivity contribution in [3.8, 4) is 11.5 Å². The van der Waals surface area contributed by atoms with Gasteiger partial charge in [-0.05, 0) is 37.6 Å². The molecule has 0 aliphatic heterocycles. The number of benzene rings is 1. The second-order valence-electron chi connectivity index (χ2n) is 4.18. The zero-order valence-electron chi connectivity index (χ0n) is 11.5. The summed E-state index contributed by atoms with van der Waals surface area (Å²) in [5, 5.41) is 0. The molecule has 6 heteroatoms. The van der Waals surface area contributed by atoms with E-state index < -0.39 is 10.1 Å². The molecule has 1 aromatic carbocycles. The monoisotopic (exact) mass is 288 g/mol. The highest BCUT2D eigenvalue weighted by molar-refractivity contribution is 7.85. The second kappa shape index (κ2) is 7.35. The largest absolute Gasteiger partial charge is 0.491 e. The summed E-state index contributed by atoms with van der Waals surface area (Å²) in [5.41, 5.74) is 0. The highest BCUT2D eigenvalue weighted by atomic mass is 32.2. The van der Waals surface area contributed by atoms with Crippen molar-refractivity contribution in [1.82, 2.24) is 0 Å². The van der Waals surface area contributed by atoms with Crippen LogP contribution in [0.2, 0.25) is 0 Å². The molecule has 5 nitrogen and oxygen atoms in total. The minimum atomic E-state index is -3.40. The van der Waals surface area contributed by atoms with Crippen LogP contribution in [0.5, 0.6) is 11.5 Å². The fourth-order valence-electron chi connectivity index (χ4n) is 1.27. The Kier molecular flexibility index (Phi) is 6.11. The lowest BCUT2D eigenvalue weighted by Crippen LogP contribution is -2.11. The van der Waals surface area contributed by atoms with Gasteiger partial charge in [-0.1, -0.05) is 6.92 Å². The molecule has 0 saturated heterocycles. The van der Waals surface area contributed by atoms with Gasteiger partial charge in [0, 0.05) is 0 Å². The predicted octanol–water partition coefficient (Wildman–Crippen LogP) is 2.22. The molecule has 0 spiro atoms. The molecule has 108 valence electrons. The first kappa shape index (κ1) is 15.8. The van der Waals surface area contributed by atoms with Gasteiger partial charge in [-0.3, -0.25) is 4.18 Å². The normalized spacial score (nSPS) is 13.0. The first-order valence-corrected chi connectivity index (χ1v) is 7.96. The van der Waals surface area contributed by atoms with E-state index in [1.54, 1.807) is 12.1 Å². The average molecular weight is 288 g/mol. The van der Waals surface area contributed by atoms with Crippen molar-refractivity contribution in [1.29, 1.82) is 0 Å². The molecule has 19 heavy (non-hydrogen) atoms. The smallest absolute Gasteiger partial charge is 0.264 e. The van der Waals surface area contributed by atoms with Crippen LogP contribution >= 0.6 is 0 Å². The maximum Gasteiger partial charge on any atom is 0.264 e. The van der Waals surface area contributed by atoms with Gasteiger partial charge in [-0.2, -0.15) is 8.42 Å². The lowest BCUT2D eigenvalue weighted by atomic mass is 10.3. The Labute approximate surface area is 114 Å². The molecule has 0 aliphatic rings. The molecule has 0 saturated carbocycles. The molecule has 0 radical (unpaired) electrons. The lowest BCUT2D eigenvalue weighted by Gasteiger charge is -2.13. The molecular formula is C13H20O5S. The Morgan fingerprint density at radius 2 is 1.68 bits per heavy atom. The maximum absolute atomic E-state index is 10.7. The first-order valence-electron chi connectivity index (χ1n) is 6.14. The summed E-state index contributed by atoms with van der Waals surface area (Å²) in [4.78, 5) is 0. The molecule has 1 atom stereocenters. The van der Waals surface area contributed by atoms with Crippen molar-refractivity contribution in [2.75, 3.05) is 19.5 Å². The van der Waals surface area contributed by atoms with Crippen LogP contribution in [0, 0.1) is 0 Å². The molecule has 0 aliphatic carbocycles. The van der Waals surface area contributed by atoms with E-state index in [1.807, 2.05) is 19.1 Å². The van der Waals surface area contributed by atoms with Crippen molar-refractivity contribution in [3.63, 3.8) is 0 Å². The van der Waals surface area contributed by atoms with Gasteiger partial charge in [-0.25, -0.2) is 0 Å². The van der Waals surface area contributed by atoms with E-state index in [2.05, 4.69) is 11.1 Å². The quantitative estimate of drug-likeness (QED) is 0.542. The third kappa shape index (κ3) is 7.03. The molecular weight excluding hydrogens is 268 g/mol. The molecule has 0 bridgehead atoms.